The van der Waals surface area contributed by atoms with Crippen molar-refractivity contribution in [3.05, 3.63) is 29.8 Å². The monoisotopic (exact) mass is 234 g/mol. The van der Waals surface area contributed by atoms with Crippen molar-refractivity contribution >= 4 is 11.5 Å². The largest absolute Gasteiger partial charge is 0.399 e. The van der Waals surface area contributed by atoms with E-state index in [0.29, 0.717) is 6.42 Å². The summed E-state index contributed by atoms with van der Waals surface area (Å²) in [6.45, 7) is 5.51. The first kappa shape index (κ1) is 13.7. The third-order valence-electron chi connectivity index (χ3n) is 3.20. The Bertz CT molecular complexity index is 382. The molecule has 0 fully saturated rings. The fourth-order valence-corrected chi connectivity index (χ4v) is 1.83. The van der Waals surface area contributed by atoms with Crippen LogP contribution in [0.1, 0.15) is 32.8 Å². The molecular weight excluding hydrogens is 212 g/mol. The van der Waals surface area contributed by atoms with Gasteiger partial charge < -0.3 is 11.5 Å². The SMILES string of the molecule is CC(=O)C(C)(C)CC(N)Cc1ccc(N)cc1. The second-order valence-corrected chi connectivity index (χ2v) is 5.35. The van der Waals surface area contributed by atoms with E-state index in [1.165, 1.54) is 0 Å². The van der Waals surface area contributed by atoms with E-state index in [2.05, 4.69) is 0 Å². The summed E-state index contributed by atoms with van der Waals surface area (Å²) in [5.41, 5.74) is 13.3. The van der Waals surface area contributed by atoms with Gasteiger partial charge in [0.15, 0.2) is 0 Å². The highest BCUT2D eigenvalue weighted by molar-refractivity contribution is 5.81. The summed E-state index contributed by atoms with van der Waals surface area (Å²) in [6, 6.07) is 7.71. The van der Waals surface area contributed by atoms with Gasteiger partial charge >= 0.3 is 0 Å². The van der Waals surface area contributed by atoms with Crippen molar-refractivity contribution in [2.45, 2.75) is 39.7 Å². The molecule has 1 unspecified atom stereocenters. The molecule has 0 amide bonds. The van der Waals surface area contributed by atoms with Gasteiger partial charge in [0.25, 0.3) is 0 Å². The van der Waals surface area contributed by atoms with Gasteiger partial charge in [0.2, 0.25) is 0 Å². The smallest absolute Gasteiger partial charge is 0.135 e. The number of nitrogens with two attached hydrogens (primary N) is 2. The molecule has 0 bridgehead atoms. The van der Waals surface area contributed by atoms with Crippen molar-refractivity contribution in [2.24, 2.45) is 11.1 Å². The van der Waals surface area contributed by atoms with Crippen molar-refractivity contribution < 1.29 is 4.79 Å². The van der Waals surface area contributed by atoms with Gasteiger partial charge in [-0.25, -0.2) is 0 Å². The van der Waals surface area contributed by atoms with Gasteiger partial charge in [-0.1, -0.05) is 26.0 Å². The lowest BCUT2D eigenvalue weighted by Crippen LogP contribution is -2.33. The average molecular weight is 234 g/mol. The van der Waals surface area contributed by atoms with Crippen LogP contribution < -0.4 is 11.5 Å². The van der Waals surface area contributed by atoms with Crippen LogP contribution in [0.5, 0.6) is 0 Å². The van der Waals surface area contributed by atoms with E-state index in [-0.39, 0.29) is 17.2 Å². The molecule has 3 nitrogen and oxygen atoms in total. The fourth-order valence-electron chi connectivity index (χ4n) is 1.83. The van der Waals surface area contributed by atoms with Crippen LogP contribution in [-0.2, 0) is 11.2 Å². The Morgan fingerprint density at radius 3 is 2.29 bits per heavy atom. The molecule has 1 rings (SSSR count). The first-order valence-corrected chi connectivity index (χ1v) is 5.92. The molecule has 0 aliphatic rings. The van der Waals surface area contributed by atoms with Crippen LogP contribution in [0.25, 0.3) is 0 Å². The lowest BCUT2D eigenvalue weighted by Gasteiger charge is -2.25. The molecule has 0 radical (unpaired) electrons. The van der Waals surface area contributed by atoms with E-state index < -0.39 is 0 Å². The molecule has 4 N–H and O–H groups in total. The molecule has 94 valence electrons. The number of benzene rings is 1. The number of hydrogen-bond donors (Lipinski definition) is 2. The van der Waals surface area contributed by atoms with Gasteiger partial charge in [-0.05, 0) is 37.5 Å². The van der Waals surface area contributed by atoms with E-state index in [0.717, 1.165) is 17.7 Å². The van der Waals surface area contributed by atoms with Gasteiger partial charge in [0.1, 0.15) is 5.78 Å². The molecule has 0 aliphatic heterocycles. The third-order valence-corrected chi connectivity index (χ3v) is 3.20. The van der Waals surface area contributed by atoms with Gasteiger partial charge in [0, 0.05) is 17.1 Å². The predicted octanol–water partition coefficient (Wildman–Crippen LogP) is 2.14. The van der Waals surface area contributed by atoms with Crippen LogP contribution in [0.15, 0.2) is 24.3 Å². The van der Waals surface area contributed by atoms with Crippen LogP contribution in [-0.4, -0.2) is 11.8 Å². The highest BCUT2D eigenvalue weighted by atomic mass is 16.1. The van der Waals surface area contributed by atoms with Crippen molar-refractivity contribution in [1.29, 1.82) is 0 Å². The number of carbonyl (C=O) groups excluding carboxylic acids is 1. The number of Topliss-reactive ketones (excluding diaryl/α,β-unsaturated/α-hetero) is 1. The van der Waals surface area contributed by atoms with Gasteiger partial charge in [-0.15, -0.1) is 0 Å². The number of anilines is 1. The van der Waals surface area contributed by atoms with E-state index in [9.17, 15) is 4.79 Å². The molecule has 3 heteroatoms. The lowest BCUT2D eigenvalue weighted by molar-refractivity contribution is -0.125. The molecule has 0 spiro atoms. The topological polar surface area (TPSA) is 69.1 Å². The Morgan fingerprint density at radius 2 is 1.82 bits per heavy atom. The zero-order chi connectivity index (χ0) is 13.1. The van der Waals surface area contributed by atoms with E-state index in [1.54, 1.807) is 6.92 Å². The van der Waals surface area contributed by atoms with E-state index in [4.69, 9.17) is 11.5 Å². The summed E-state index contributed by atoms with van der Waals surface area (Å²) in [5.74, 6) is 0.185. The summed E-state index contributed by atoms with van der Waals surface area (Å²) >= 11 is 0. The minimum absolute atomic E-state index is 0.00229. The van der Waals surface area contributed by atoms with Gasteiger partial charge in [0.05, 0.1) is 0 Å². The minimum atomic E-state index is -0.340. The summed E-state index contributed by atoms with van der Waals surface area (Å²) in [4.78, 5) is 11.4. The normalized spacial score (nSPS) is 13.4. The van der Waals surface area contributed by atoms with Crippen molar-refractivity contribution in [3.63, 3.8) is 0 Å². The standard InChI is InChI=1S/C14H22N2O/c1-10(17)14(2,3)9-13(16)8-11-4-6-12(15)7-5-11/h4-7,13H,8-9,15-16H2,1-3H3. The second-order valence-electron chi connectivity index (χ2n) is 5.35. The lowest BCUT2D eigenvalue weighted by atomic mass is 9.81. The molecule has 17 heavy (non-hydrogen) atoms. The second kappa shape index (κ2) is 5.32. The Kier molecular flexibility index (Phi) is 4.29. The Labute approximate surface area is 103 Å². The molecule has 1 aromatic carbocycles. The minimum Gasteiger partial charge on any atom is -0.399 e. The first-order valence-electron chi connectivity index (χ1n) is 5.92. The van der Waals surface area contributed by atoms with Crippen molar-refractivity contribution in [2.75, 3.05) is 5.73 Å². The summed E-state index contributed by atoms with van der Waals surface area (Å²) in [7, 11) is 0. The van der Waals surface area contributed by atoms with Crippen LogP contribution >= 0.6 is 0 Å². The maximum absolute atomic E-state index is 11.4. The molecule has 0 aliphatic carbocycles. The fraction of sp³-hybridized carbons (Fsp3) is 0.500. The van der Waals surface area contributed by atoms with Crippen molar-refractivity contribution in [3.8, 4) is 0 Å². The Morgan fingerprint density at radius 1 is 1.29 bits per heavy atom. The third kappa shape index (κ3) is 4.19. The zero-order valence-corrected chi connectivity index (χ0v) is 10.9. The highest BCUT2D eigenvalue weighted by Crippen LogP contribution is 2.24. The van der Waals surface area contributed by atoms with E-state index in [1.807, 2.05) is 38.1 Å². The van der Waals surface area contributed by atoms with Crippen molar-refractivity contribution in [1.82, 2.24) is 0 Å². The number of ketones is 1. The van der Waals surface area contributed by atoms with Gasteiger partial charge in [-0.3, -0.25) is 4.79 Å². The maximum atomic E-state index is 11.4. The van der Waals surface area contributed by atoms with Crippen LogP contribution in [0.3, 0.4) is 0 Å². The molecule has 0 saturated carbocycles. The van der Waals surface area contributed by atoms with Crippen LogP contribution in [0, 0.1) is 5.41 Å². The molecule has 0 heterocycles. The molecule has 1 atom stereocenters. The summed E-state index contributed by atoms with van der Waals surface area (Å²) in [6.07, 6.45) is 1.48. The summed E-state index contributed by atoms with van der Waals surface area (Å²) in [5, 5.41) is 0. The first-order chi connectivity index (χ1) is 7.81. The molecule has 0 saturated heterocycles. The molecule has 1 aromatic rings. The Balaban J connectivity index is 2.58. The maximum Gasteiger partial charge on any atom is 0.135 e. The van der Waals surface area contributed by atoms with Crippen LogP contribution in [0.4, 0.5) is 5.69 Å². The van der Waals surface area contributed by atoms with E-state index >= 15 is 0 Å². The summed E-state index contributed by atoms with van der Waals surface area (Å²) < 4.78 is 0. The highest BCUT2D eigenvalue weighted by Gasteiger charge is 2.26. The Hall–Kier alpha value is -1.35. The number of carbonyl (C=O) groups is 1. The molecule has 0 aromatic heterocycles. The van der Waals surface area contributed by atoms with Gasteiger partial charge in [-0.2, -0.15) is 0 Å². The van der Waals surface area contributed by atoms with Crippen LogP contribution in [0.2, 0.25) is 0 Å². The predicted molar refractivity (Wildman–Crippen MR) is 71.6 cm³/mol. The number of rotatable bonds is 5. The zero-order valence-electron chi connectivity index (χ0n) is 10.9. The quantitative estimate of drug-likeness (QED) is 0.767. The average Bonchev–Trinajstić information content (AvgIpc) is 2.20. The number of nitrogen functional groups attached to an aromatic ring is 1. The molecular formula is C14H22N2O. The number of hydrogen-bond acceptors (Lipinski definition) is 3.